The van der Waals surface area contributed by atoms with Crippen molar-refractivity contribution in [2.75, 3.05) is 12.3 Å². The van der Waals surface area contributed by atoms with Crippen LogP contribution in [0.3, 0.4) is 0 Å². The van der Waals surface area contributed by atoms with E-state index in [1.165, 1.54) is 4.90 Å². The number of hydrogen-bond acceptors (Lipinski definition) is 4. The van der Waals surface area contributed by atoms with Gasteiger partial charge in [-0.2, -0.15) is 0 Å². The van der Waals surface area contributed by atoms with Crippen LogP contribution >= 0.6 is 0 Å². The molecule has 0 bridgehead atoms. The van der Waals surface area contributed by atoms with Gasteiger partial charge in [0.25, 0.3) is 11.8 Å². The lowest BCUT2D eigenvalue weighted by Gasteiger charge is -2.12. The van der Waals surface area contributed by atoms with Crippen LogP contribution in [-0.4, -0.2) is 33.2 Å². The van der Waals surface area contributed by atoms with Gasteiger partial charge in [-0.15, -0.1) is 0 Å². The van der Waals surface area contributed by atoms with Gasteiger partial charge in [0.15, 0.2) is 0 Å². The molecule has 2 aromatic carbocycles. The molecule has 1 aliphatic heterocycles. The van der Waals surface area contributed by atoms with Crippen molar-refractivity contribution in [3.8, 4) is 0 Å². The predicted octanol–water partition coefficient (Wildman–Crippen LogP) is 1.98. The monoisotopic (exact) mass is 306 g/mol. The predicted molar refractivity (Wildman–Crippen MR) is 86.0 cm³/mol. The minimum Gasteiger partial charge on any atom is -0.397 e. The maximum atomic E-state index is 12.3. The molecule has 6 heteroatoms. The van der Waals surface area contributed by atoms with Crippen LogP contribution in [0.1, 0.15) is 26.5 Å². The van der Waals surface area contributed by atoms with Crippen molar-refractivity contribution in [1.82, 2.24) is 14.9 Å². The Kier molecular flexibility index (Phi) is 2.90. The molecule has 1 aromatic heterocycles. The first kappa shape index (κ1) is 13.5. The summed E-state index contributed by atoms with van der Waals surface area (Å²) in [5.74, 6) is 0.205. The smallest absolute Gasteiger partial charge is 0.261 e. The molecule has 0 saturated heterocycles. The van der Waals surface area contributed by atoms with Crippen molar-refractivity contribution in [2.45, 2.75) is 6.42 Å². The van der Waals surface area contributed by atoms with Crippen LogP contribution in [0.4, 0.5) is 5.69 Å². The van der Waals surface area contributed by atoms with Crippen molar-refractivity contribution in [2.24, 2.45) is 0 Å². The molecule has 2 amide bonds. The number of nitrogen functional groups attached to an aromatic ring is 1. The third-order valence-corrected chi connectivity index (χ3v) is 4.04. The third kappa shape index (κ3) is 2.07. The Hall–Kier alpha value is -3.15. The van der Waals surface area contributed by atoms with Crippen molar-refractivity contribution in [3.63, 3.8) is 0 Å². The number of para-hydroxylation sites is 1. The highest BCUT2D eigenvalue weighted by atomic mass is 16.2. The van der Waals surface area contributed by atoms with E-state index in [0.29, 0.717) is 34.6 Å². The van der Waals surface area contributed by atoms with Gasteiger partial charge in [-0.3, -0.25) is 14.5 Å². The standard InChI is InChI=1S/C17H14N4O2/c18-12-6-3-7-13-15(12)20-14(19-13)8-9-21-16(22)10-4-1-2-5-11(10)17(21)23/h1-7H,8-9,18H2,(H,19,20). The zero-order chi connectivity index (χ0) is 16.0. The number of carbonyl (C=O) groups is 2. The van der Waals surface area contributed by atoms with Crippen LogP contribution in [0, 0.1) is 0 Å². The molecule has 0 unspecified atom stereocenters. The lowest BCUT2D eigenvalue weighted by Crippen LogP contribution is -2.31. The molecule has 2 heterocycles. The Morgan fingerprint density at radius 2 is 1.70 bits per heavy atom. The fourth-order valence-corrected chi connectivity index (χ4v) is 2.88. The molecule has 114 valence electrons. The highest BCUT2D eigenvalue weighted by molar-refractivity contribution is 6.21. The molecule has 0 atom stereocenters. The quantitative estimate of drug-likeness (QED) is 0.571. The van der Waals surface area contributed by atoms with Crippen molar-refractivity contribution in [3.05, 3.63) is 59.4 Å². The number of imide groups is 1. The number of nitrogens with zero attached hydrogens (tertiary/aromatic N) is 2. The molecule has 0 saturated carbocycles. The number of fused-ring (bicyclic) bond motifs is 2. The zero-order valence-corrected chi connectivity index (χ0v) is 12.2. The van der Waals surface area contributed by atoms with Gasteiger partial charge in [0.05, 0.1) is 22.3 Å². The van der Waals surface area contributed by atoms with Crippen LogP contribution in [0.15, 0.2) is 42.5 Å². The van der Waals surface area contributed by atoms with Crippen LogP contribution in [0.5, 0.6) is 0 Å². The van der Waals surface area contributed by atoms with E-state index >= 15 is 0 Å². The van der Waals surface area contributed by atoms with Crippen LogP contribution in [0.2, 0.25) is 0 Å². The maximum Gasteiger partial charge on any atom is 0.261 e. The van der Waals surface area contributed by atoms with E-state index in [1.807, 2.05) is 12.1 Å². The number of nitrogens with one attached hydrogen (secondary N) is 1. The summed E-state index contributed by atoms with van der Waals surface area (Å²) in [6, 6.07) is 12.4. The second-order valence-electron chi connectivity index (χ2n) is 5.48. The fraction of sp³-hybridized carbons (Fsp3) is 0.118. The van der Waals surface area contributed by atoms with Gasteiger partial charge in [0.2, 0.25) is 0 Å². The fourth-order valence-electron chi connectivity index (χ4n) is 2.88. The summed E-state index contributed by atoms with van der Waals surface area (Å²) in [7, 11) is 0. The molecule has 3 aromatic rings. The van der Waals surface area contributed by atoms with Gasteiger partial charge in [0.1, 0.15) is 11.3 Å². The first-order valence-corrected chi connectivity index (χ1v) is 7.33. The molecule has 0 radical (unpaired) electrons. The third-order valence-electron chi connectivity index (χ3n) is 4.04. The van der Waals surface area contributed by atoms with E-state index in [-0.39, 0.29) is 18.4 Å². The largest absolute Gasteiger partial charge is 0.397 e. The Labute approximate surface area is 131 Å². The van der Waals surface area contributed by atoms with Gasteiger partial charge < -0.3 is 10.7 Å². The van der Waals surface area contributed by atoms with Crippen molar-refractivity contribution in [1.29, 1.82) is 0 Å². The zero-order valence-electron chi connectivity index (χ0n) is 12.2. The summed E-state index contributed by atoms with van der Waals surface area (Å²) in [4.78, 5) is 33.5. The van der Waals surface area contributed by atoms with E-state index in [4.69, 9.17) is 5.73 Å². The van der Waals surface area contributed by atoms with Gasteiger partial charge in [-0.1, -0.05) is 18.2 Å². The van der Waals surface area contributed by atoms with E-state index < -0.39 is 0 Å². The van der Waals surface area contributed by atoms with Gasteiger partial charge >= 0.3 is 0 Å². The Bertz CT molecular complexity index is 910. The molecule has 1 aliphatic rings. The molecule has 0 aliphatic carbocycles. The molecule has 4 rings (SSSR count). The summed E-state index contributed by atoms with van der Waals surface area (Å²) in [6.45, 7) is 0.284. The van der Waals surface area contributed by atoms with Crippen LogP contribution in [0.25, 0.3) is 11.0 Å². The van der Waals surface area contributed by atoms with Crippen LogP contribution in [-0.2, 0) is 6.42 Å². The number of benzene rings is 2. The molecule has 23 heavy (non-hydrogen) atoms. The Balaban J connectivity index is 1.56. The normalized spacial score (nSPS) is 13.8. The summed E-state index contributed by atoms with van der Waals surface area (Å²) >= 11 is 0. The van der Waals surface area contributed by atoms with Gasteiger partial charge in [-0.05, 0) is 24.3 Å². The number of rotatable bonds is 3. The Morgan fingerprint density at radius 3 is 2.35 bits per heavy atom. The summed E-state index contributed by atoms with van der Waals surface area (Å²) in [5, 5.41) is 0. The molecule has 0 spiro atoms. The van der Waals surface area contributed by atoms with Gasteiger partial charge in [-0.25, -0.2) is 4.98 Å². The second kappa shape index (κ2) is 4.95. The topological polar surface area (TPSA) is 92.1 Å². The number of aromatic nitrogens is 2. The maximum absolute atomic E-state index is 12.3. The minimum atomic E-state index is -0.249. The van der Waals surface area contributed by atoms with E-state index in [9.17, 15) is 9.59 Å². The van der Waals surface area contributed by atoms with E-state index in [2.05, 4.69) is 9.97 Å². The first-order chi connectivity index (χ1) is 11.1. The summed E-state index contributed by atoms with van der Waals surface area (Å²) < 4.78 is 0. The molecular weight excluding hydrogens is 292 g/mol. The highest BCUT2D eigenvalue weighted by Crippen LogP contribution is 2.23. The molecular formula is C17H14N4O2. The number of imidazole rings is 1. The number of anilines is 1. The number of amides is 2. The van der Waals surface area contributed by atoms with Crippen molar-refractivity contribution >= 4 is 28.5 Å². The second-order valence-corrected chi connectivity index (χ2v) is 5.48. The molecule has 3 N–H and O–H groups in total. The first-order valence-electron chi connectivity index (χ1n) is 7.33. The number of nitrogens with two attached hydrogens (primary N) is 1. The average molecular weight is 306 g/mol. The Morgan fingerprint density at radius 1 is 1.00 bits per heavy atom. The SMILES string of the molecule is Nc1cccc2[nH]c(CCN3C(=O)c4ccccc4C3=O)nc12. The van der Waals surface area contributed by atoms with Crippen LogP contribution < -0.4 is 5.73 Å². The van der Waals surface area contributed by atoms with E-state index in [1.54, 1.807) is 30.3 Å². The summed E-state index contributed by atoms with van der Waals surface area (Å²) in [5.41, 5.74) is 8.98. The number of carbonyl (C=O) groups excluding carboxylic acids is 2. The van der Waals surface area contributed by atoms with E-state index in [0.717, 1.165) is 5.52 Å². The lowest BCUT2D eigenvalue weighted by molar-refractivity contribution is 0.0655. The number of H-pyrrole nitrogens is 1. The molecule has 0 fully saturated rings. The van der Waals surface area contributed by atoms with Crippen molar-refractivity contribution < 1.29 is 9.59 Å². The molecule has 6 nitrogen and oxygen atoms in total. The highest BCUT2D eigenvalue weighted by Gasteiger charge is 2.34. The number of aromatic amines is 1. The average Bonchev–Trinajstić information content (AvgIpc) is 3.08. The lowest BCUT2D eigenvalue weighted by atomic mass is 10.1. The minimum absolute atomic E-state index is 0.249. The van der Waals surface area contributed by atoms with Gasteiger partial charge in [0, 0.05) is 13.0 Å². The number of hydrogen-bond donors (Lipinski definition) is 2. The summed E-state index contributed by atoms with van der Waals surface area (Å²) in [6.07, 6.45) is 0.458.